The van der Waals surface area contributed by atoms with Gasteiger partial charge in [0.25, 0.3) is 0 Å². The Morgan fingerprint density at radius 2 is 1.83 bits per heavy atom. The maximum atomic E-state index is 11.9. The normalized spacial score (nSPS) is 18.7. The summed E-state index contributed by atoms with van der Waals surface area (Å²) in [4.78, 5) is 23.6. The van der Waals surface area contributed by atoms with E-state index in [-0.39, 0.29) is 4.87 Å². The van der Waals surface area contributed by atoms with Crippen LogP contribution in [0.15, 0.2) is 35.4 Å². The van der Waals surface area contributed by atoms with E-state index in [1.165, 1.54) is 37.0 Å². The molecule has 0 radical (unpaired) electrons. The largest absolute Gasteiger partial charge is 0.375 e. The van der Waals surface area contributed by atoms with Crippen molar-refractivity contribution in [3.8, 4) is 11.3 Å². The van der Waals surface area contributed by atoms with Gasteiger partial charge in [-0.05, 0) is 37.8 Å². The molecule has 1 aliphatic carbocycles. The second-order valence-corrected chi connectivity index (χ2v) is 9.09. The molecule has 1 saturated heterocycles. The number of hydrogen-bond donors (Lipinski definition) is 0. The molecule has 5 rings (SSSR count). The summed E-state index contributed by atoms with van der Waals surface area (Å²) in [6.45, 7) is 1.91. The van der Waals surface area contributed by atoms with Crippen LogP contribution in [0.2, 0.25) is 0 Å². The van der Waals surface area contributed by atoms with E-state index in [4.69, 9.17) is 9.72 Å². The minimum atomic E-state index is 0.0553. The Balaban J connectivity index is 1.30. The molecular formula is C22H26N4O2S. The fourth-order valence-corrected chi connectivity index (χ4v) is 5.38. The molecule has 2 fully saturated rings. The molecule has 0 unspecified atom stereocenters. The number of hydrogen-bond acceptors (Lipinski definition) is 6. The van der Waals surface area contributed by atoms with E-state index in [1.54, 1.807) is 17.8 Å². The number of anilines is 1. The van der Waals surface area contributed by atoms with Gasteiger partial charge in [-0.3, -0.25) is 9.78 Å². The SMILES string of the molecule is Cn1c(=O)sc2cc(-c3cncc(N4CCC(OC5CCCC5)CC4)n3)ccc21. The zero-order valence-corrected chi connectivity index (χ0v) is 17.5. The molecule has 29 heavy (non-hydrogen) atoms. The number of rotatable bonds is 4. The average molecular weight is 411 g/mol. The van der Waals surface area contributed by atoms with Crippen molar-refractivity contribution in [1.29, 1.82) is 0 Å². The van der Waals surface area contributed by atoms with Crippen molar-refractivity contribution < 1.29 is 4.74 Å². The first-order valence-corrected chi connectivity index (χ1v) is 11.3. The summed E-state index contributed by atoms with van der Waals surface area (Å²) < 4.78 is 8.96. The summed E-state index contributed by atoms with van der Waals surface area (Å²) in [5.41, 5.74) is 2.79. The van der Waals surface area contributed by atoms with E-state index >= 15 is 0 Å². The van der Waals surface area contributed by atoms with Crippen LogP contribution >= 0.6 is 11.3 Å². The van der Waals surface area contributed by atoms with Crippen molar-refractivity contribution in [3.05, 3.63) is 40.3 Å². The van der Waals surface area contributed by atoms with E-state index < -0.39 is 0 Å². The average Bonchev–Trinajstić information content (AvgIpc) is 3.36. The molecule has 1 aromatic carbocycles. The van der Waals surface area contributed by atoms with Gasteiger partial charge in [0.1, 0.15) is 5.82 Å². The fraction of sp³-hybridized carbons (Fsp3) is 0.500. The van der Waals surface area contributed by atoms with Gasteiger partial charge in [0.05, 0.1) is 40.5 Å². The van der Waals surface area contributed by atoms with Crippen LogP contribution in [0.3, 0.4) is 0 Å². The molecule has 0 amide bonds. The van der Waals surface area contributed by atoms with E-state index in [1.807, 2.05) is 24.4 Å². The van der Waals surface area contributed by atoms with Gasteiger partial charge in [-0.2, -0.15) is 0 Å². The van der Waals surface area contributed by atoms with Gasteiger partial charge in [-0.1, -0.05) is 30.2 Å². The molecular weight excluding hydrogens is 384 g/mol. The van der Waals surface area contributed by atoms with Crippen LogP contribution in [-0.4, -0.2) is 39.8 Å². The topological polar surface area (TPSA) is 60.2 Å². The van der Waals surface area contributed by atoms with E-state index in [0.29, 0.717) is 12.2 Å². The molecule has 1 aliphatic heterocycles. The summed E-state index contributed by atoms with van der Waals surface area (Å²) in [7, 11) is 1.81. The third kappa shape index (κ3) is 3.81. The maximum Gasteiger partial charge on any atom is 0.307 e. The second kappa shape index (κ2) is 7.88. The zero-order chi connectivity index (χ0) is 19.8. The second-order valence-electron chi connectivity index (χ2n) is 8.10. The molecule has 2 aromatic heterocycles. The van der Waals surface area contributed by atoms with Gasteiger partial charge in [-0.15, -0.1) is 0 Å². The third-order valence-corrected chi connectivity index (χ3v) is 7.16. The summed E-state index contributed by atoms with van der Waals surface area (Å²) in [6, 6.07) is 6.05. The number of benzene rings is 1. The third-order valence-electron chi connectivity index (χ3n) is 6.16. The molecule has 2 aliphatic rings. The van der Waals surface area contributed by atoms with E-state index in [0.717, 1.165) is 53.2 Å². The summed E-state index contributed by atoms with van der Waals surface area (Å²) in [6.07, 6.45) is 11.7. The van der Waals surface area contributed by atoms with Crippen LogP contribution in [-0.2, 0) is 11.8 Å². The minimum Gasteiger partial charge on any atom is -0.375 e. The standard InChI is InChI=1S/C22H26N4O2S/c1-25-19-7-6-15(12-20(19)29-22(25)27)18-13-23-14-21(24-18)26-10-8-17(9-11-26)28-16-4-2-3-5-16/h6-7,12-14,16-17H,2-5,8-11H2,1H3. The number of piperidine rings is 1. The molecule has 1 saturated carbocycles. The van der Waals surface area contributed by atoms with Crippen LogP contribution in [0.25, 0.3) is 21.5 Å². The lowest BCUT2D eigenvalue weighted by molar-refractivity contribution is -0.0195. The Morgan fingerprint density at radius 3 is 2.62 bits per heavy atom. The summed E-state index contributed by atoms with van der Waals surface area (Å²) >= 11 is 1.27. The molecule has 7 heteroatoms. The lowest BCUT2D eigenvalue weighted by Crippen LogP contribution is -2.38. The zero-order valence-electron chi connectivity index (χ0n) is 16.7. The molecule has 3 heterocycles. The highest BCUT2D eigenvalue weighted by Gasteiger charge is 2.25. The highest BCUT2D eigenvalue weighted by molar-refractivity contribution is 7.16. The molecule has 3 aromatic rings. The van der Waals surface area contributed by atoms with Gasteiger partial charge >= 0.3 is 4.87 Å². The maximum absolute atomic E-state index is 11.9. The summed E-state index contributed by atoms with van der Waals surface area (Å²) in [5, 5.41) is 0. The van der Waals surface area contributed by atoms with Crippen molar-refractivity contribution >= 4 is 27.4 Å². The number of fused-ring (bicyclic) bond motifs is 1. The molecule has 152 valence electrons. The number of aromatic nitrogens is 3. The Bertz CT molecular complexity index is 1060. The number of aryl methyl sites for hydroxylation is 1. The van der Waals surface area contributed by atoms with Crippen molar-refractivity contribution in [1.82, 2.24) is 14.5 Å². The van der Waals surface area contributed by atoms with Gasteiger partial charge in [0.2, 0.25) is 0 Å². The Kier molecular flexibility index (Phi) is 5.09. The van der Waals surface area contributed by atoms with Crippen molar-refractivity contribution in [2.45, 2.75) is 50.7 Å². The van der Waals surface area contributed by atoms with Crippen LogP contribution in [0, 0.1) is 0 Å². The predicted octanol–water partition coefficient (Wildman–Crippen LogP) is 3.99. The van der Waals surface area contributed by atoms with Crippen LogP contribution in [0.5, 0.6) is 0 Å². The van der Waals surface area contributed by atoms with Crippen LogP contribution in [0.4, 0.5) is 5.82 Å². The Morgan fingerprint density at radius 1 is 1.07 bits per heavy atom. The highest BCUT2D eigenvalue weighted by atomic mass is 32.1. The van der Waals surface area contributed by atoms with Gasteiger partial charge in [0, 0.05) is 25.7 Å². The Labute approximate surface area is 174 Å². The molecule has 0 N–H and O–H groups in total. The van der Waals surface area contributed by atoms with Crippen molar-refractivity contribution in [3.63, 3.8) is 0 Å². The van der Waals surface area contributed by atoms with E-state index in [9.17, 15) is 4.79 Å². The minimum absolute atomic E-state index is 0.0553. The van der Waals surface area contributed by atoms with Crippen LogP contribution < -0.4 is 9.77 Å². The first-order chi connectivity index (χ1) is 14.2. The lowest BCUT2D eigenvalue weighted by Gasteiger charge is -2.34. The first kappa shape index (κ1) is 18.8. The molecule has 0 bridgehead atoms. The number of ether oxygens (including phenoxy) is 1. The first-order valence-electron chi connectivity index (χ1n) is 10.5. The smallest absolute Gasteiger partial charge is 0.307 e. The lowest BCUT2D eigenvalue weighted by atomic mass is 10.1. The van der Waals surface area contributed by atoms with Gasteiger partial charge in [0.15, 0.2) is 0 Å². The summed E-state index contributed by atoms with van der Waals surface area (Å²) in [5.74, 6) is 0.920. The van der Waals surface area contributed by atoms with Crippen LogP contribution in [0.1, 0.15) is 38.5 Å². The fourth-order valence-electron chi connectivity index (χ4n) is 4.46. The quantitative estimate of drug-likeness (QED) is 0.651. The number of thiazole rings is 1. The van der Waals surface area contributed by atoms with Gasteiger partial charge < -0.3 is 14.2 Å². The monoisotopic (exact) mass is 410 g/mol. The van der Waals surface area contributed by atoms with Gasteiger partial charge in [-0.25, -0.2) is 4.98 Å². The molecule has 6 nitrogen and oxygen atoms in total. The Hall–Kier alpha value is -2.25. The van der Waals surface area contributed by atoms with E-state index in [2.05, 4.69) is 9.88 Å². The molecule has 0 spiro atoms. The van der Waals surface area contributed by atoms with Crippen molar-refractivity contribution in [2.24, 2.45) is 7.05 Å². The number of nitrogens with zero attached hydrogens (tertiary/aromatic N) is 4. The van der Waals surface area contributed by atoms with Crippen molar-refractivity contribution in [2.75, 3.05) is 18.0 Å². The molecule has 0 atom stereocenters. The predicted molar refractivity (Wildman–Crippen MR) is 117 cm³/mol. The highest BCUT2D eigenvalue weighted by Crippen LogP contribution is 2.28.